The zero-order valence-electron chi connectivity index (χ0n) is 2.50. The predicted molar refractivity (Wildman–Crippen MR) is 26.2 cm³/mol. The van der Waals surface area contributed by atoms with E-state index >= 15 is 0 Å². The van der Waals surface area contributed by atoms with Crippen molar-refractivity contribution in [2.24, 2.45) is 0 Å². The molecule has 6 heteroatoms. The molecule has 0 spiro atoms. The summed E-state index contributed by atoms with van der Waals surface area (Å²) in [4.78, 5) is 0. The molecule has 0 unspecified atom stereocenters. The third kappa shape index (κ3) is 59.4. The van der Waals surface area contributed by atoms with Crippen molar-refractivity contribution in [3.8, 4) is 0 Å². The first-order valence-electron chi connectivity index (χ1n) is 0.670. The number of rotatable bonds is 0. The van der Waals surface area contributed by atoms with E-state index in [1.165, 1.54) is 0 Å². The van der Waals surface area contributed by atoms with Gasteiger partial charge in [0.15, 0.2) is 0 Å². The fraction of sp³-hybridized carbons (Fsp3) is 0. The van der Waals surface area contributed by atoms with Crippen molar-refractivity contribution >= 4 is 49.6 Å². The van der Waals surface area contributed by atoms with Crippen LogP contribution in [0.2, 0.25) is 0 Å². The van der Waals surface area contributed by atoms with Gasteiger partial charge < -0.3 is 0 Å². The summed E-state index contributed by atoms with van der Waals surface area (Å²) in [6.07, 6.45) is 0. The Morgan fingerprint density at radius 1 is 1.50 bits per heavy atom. The largest absolute Gasteiger partial charge is 0.326 e. The minimum absolute atomic E-state index is 0. The summed E-state index contributed by atoms with van der Waals surface area (Å²) in [5, 5.41) is 0. The third-order valence-electron chi connectivity index (χ3n) is 0. The van der Waals surface area contributed by atoms with Crippen molar-refractivity contribution in [2.45, 2.75) is 0 Å². The first-order chi connectivity index (χ1) is 2.00. The fourth-order valence-corrected chi connectivity index (χ4v) is 0. The summed E-state index contributed by atoms with van der Waals surface area (Å²) >= 11 is 1.90. The average Bonchev–Trinajstić information content (AvgIpc) is 0.722. The van der Waals surface area contributed by atoms with Crippen LogP contribution in [0.1, 0.15) is 0 Å². The van der Waals surface area contributed by atoms with Crippen LogP contribution in [0.25, 0.3) is 0 Å². The zero-order chi connectivity index (χ0) is 4.50. The minimum Gasteiger partial charge on any atom is -0.277 e. The number of hydrogen-bond donors (Lipinski definition) is 1. The Balaban J connectivity index is 0. The molecule has 6 heavy (non-hydrogen) atoms. The Bertz CT molecular complexity index is 94.0. The van der Waals surface area contributed by atoms with E-state index in [2.05, 4.69) is 0 Å². The maximum atomic E-state index is 9.10. The Morgan fingerprint density at radius 2 is 1.50 bits per heavy atom. The molecule has 0 saturated carbocycles. The van der Waals surface area contributed by atoms with Gasteiger partial charge in [0, 0.05) is 26.2 Å². The van der Waals surface area contributed by atoms with E-state index in [1.807, 2.05) is 14.8 Å². The summed E-state index contributed by atoms with van der Waals surface area (Å²) in [5.41, 5.74) is 0. The van der Waals surface area contributed by atoms with E-state index < -0.39 is 8.55 Å². The van der Waals surface area contributed by atoms with Crippen LogP contribution in [-0.2, 0) is 8.55 Å². The van der Waals surface area contributed by atoms with Crippen molar-refractivity contribution in [1.29, 1.82) is 0 Å². The molecule has 0 aliphatic heterocycles. The minimum atomic E-state index is -3.85. The van der Waals surface area contributed by atoms with Crippen molar-refractivity contribution in [1.82, 2.24) is 0 Å². The molecule has 0 aromatic carbocycles. The Hall–Kier alpha value is 1.27. The second kappa shape index (κ2) is 3.30. The van der Waals surface area contributed by atoms with Gasteiger partial charge in [0.1, 0.15) is 0 Å². The molecule has 1 N–H and O–H groups in total. The van der Waals surface area contributed by atoms with Gasteiger partial charge in [-0.2, -0.15) is 8.42 Å². The van der Waals surface area contributed by atoms with Crippen molar-refractivity contribution < 1.29 is 13.0 Å². The van der Waals surface area contributed by atoms with Gasteiger partial charge in [-0.05, 0) is 0 Å². The second-order valence-electron chi connectivity index (χ2n) is 0.412. The summed E-state index contributed by atoms with van der Waals surface area (Å²) in [6, 6.07) is 0. The zero-order valence-corrected chi connectivity index (χ0v) is 8.38. The third-order valence-corrected chi connectivity index (χ3v) is 0. The molecule has 0 heterocycles. The van der Waals surface area contributed by atoms with E-state index in [9.17, 15) is 0 Å². The molecule has 0 fully saturated rings. The summed E-state index contributed by atoms with van der Waals surface area (Å²) in [6.45, 7) is 0. The maximum absolute atomic E-state index is 9.10. The number of hydrogen-bond acceptors (Lipinski definition) is 2. The first-order valence-corrected chi connectivity index (χ1v) is 3.95. The predicted octanol–water partition coefficient (Wildman–Crippen LogP) is -0.197. The summed E-state index contributed by atoms with van der Waals surface area (Å²) in [5.74, 6) is 0. The van der Waals surface area contributed by atoms with E-state index in [0.29, 0.717) is 0 Å². The molecule has 0 rings (SSSR count). The quantitative estimate of drug-likeness (QED) is 0.365. The molecular formula is HBiBrO3S. The summed E-state index contributed by atoms with van der Waals surface area (Å²) < 4.78 is 25.6. The van der Waals surface area contributed by atoms with Crippen LogP contribution in [0, 0.1) is 0 Å². The van der Waals surface area contributed by atoms with Crippen LogP contribution in [0.4, 0.5) is 0 Å². The van der Waals surface area contributed by atoms with Gasteiger partial charge >= 0.3 is 8.55 Å². The van der Waals surface area contributed by atoms with Crippen molar-refractivity contribution in [3.63, 3.8) is 0 Å². The van der Waals surface area contributed by atoms with Gasteiger partial charge in [-0.1, -0.05) is 0 Å². The molecule has 0 aromatic heterocycles. The van der Waals surface area contributed by atoms with E-state index in [0.717, 1.165) is 0 Å². The molecule has 0 aliphatic rings. The fourth-order valence-electron chi connectivity index (χ4n) is 0. The van der Waals surface area contributed by atoms with Crippen LogP contribution in [-0.4, -0.2) is 39.2 Å². The molecule has 37 valence electrons. The van der Waals surface area contributed by atoms with E-state index in [-0.39, 0.29) is 26.2 Å². The monoisotopic (exact) mass is 369 g/mol. The number of halogens is 1. The van der Waals surface area contributed by atoms with Gasteiger partial charge in [0.2, 0.25) is 0 Å². The van der Waals surface area contributed by atoms with Gasteiger partial charge in [-0.25, -0.2) is 0 Å². The molecule has 0 aliphatic carbocycles. The molecular weight excluding hydrogens is 369 g/mol. The van der Waals surface area contributed by atoms with E-state index in [1.54, 1.807) is 0 Å². The first kappa shape index (κ1) is 10.3. The Morgan fingerprint density at radius 3 is 1.50 bits per heavy atom. The van der Waals surface area contributed by atoms with Gasteiger partial charge in [-0.3, -0.25) is 4.55 Å². The molecule has 0 atom stereocenters. The molecule has 0 amide bonds. The second-order valence-corrected chi connectivity index (χ2v) is 3.69. The average molecular weight is 370 g/mol. The standard InChI is InChI=1S/Bi.BrHO3S/c;1-5(2,3)4/h;(H,2,3,4). The Labute approximate surface area is 62.2 Å². The van der Waals surface area contributed by atoms with Gasteiger partial charge in [0.05, 0.1) is 14.8 Å². The SMILES string of the molecule is O=S(=O)(O)Br.[Bi]. The molecule has 0 aromatic rings. The van der Waals surface area contributed by atoms with Crippen molar-refractivity contribution in [3.05, 3.63) is 0 Å². The van der Waals surface area contributed by atoms with Crippen LogP contribution < -0.4 is 0 Å². The topological polar surface area (TPSA) is 54.4 Å². The Kier molecular flexibility index (Phi) is 5.66. The van der Waals surface area contributed by atoms with Crippen molar-refractivity contribution in [2.75, 3.05) is 0 Å². The van der Waals surface area contributed by atoms with Crippen LogP contribution in [0.5, 0.6) is 0 Å². The van der Waals surface area contributed by atoms with Crippen LogP contribution >= 0.6 is 14.8 Å². The molecule has 0 saturated heterocycles. The van der Waals surface area contributed by atoms with Crippen LogP contribution in [0.15, 0.2) is 0 Å². The smallest absolute Gasteiger partial charge is 0.277 e. The van der Waals surface area contributed by atoms with Crippen LogP contribution in [0.3, 0.4) is 0 Å². The normalized spacial score (nSPS) is 9.67. The van der Waals surface area contributed by atoms with Gasteiger partial charge in [-0.15, -0.1) is 0 Å². The molecule has 0 bridgehead atoms. The van der Waals surface area contributed by atoms with Gasteiger partial charge in [0.25, 0.3) is 0 Å². The van der Waals surface area contributed by atoms with E-state index in [4.69, 9.17) is 13.0 Å². The maximum Gasteiger partial charge on any atom is 0.326 e. The molecule has 3 radical (unpaired) electrons. The summed E-state index contributed by atoms with van der Waals surface area (Å²) in [7, 11) is -3.85. The molecule has 3 nitrogen and oxygen atoms in total.